The predicted octanol–water partition coefficient (Wildman–Crippen LogP) is -2.21. The molecule has 13 heavy (non-hydrogen) atoms. The van der Waals surface area contributed by atoms with Crippen molar-refractivity contribution >= 4 is 6.03 Å². The van der Waals surface area contributed by atoms with Gasteiger partial charge in [-0.1, -0.05) is 5.21 Å². The minimum atomic E-state index is -0.847. The Bertz CT molecular complexity index is 484. The first kappa shape index (κ1) is 7.34. The summed E-state index contributed by atoms with van der Waals surface area (Å²) in [6.07, 6.45) is 0. The van der Waals surface area contributed by atoms with Crippen molar-refractivity contribution in [2.75, 3.05) is 0 Å². The van der Waals surface area contributed by atoms with E-state index in [1.165, 1.54) is 0 Å². The van der Waals surface area contributed by atoms with E-state index in [9.17, 15) is 9.59 Å². The number of nitrogens with zero attached hydrogens (tertiary/aromatic N) is 5. The molecule has 0 atom stereocenters. The molecule has 0 radical (unpaired) electrons. The lowest BCUT2D eigenvalue weighted by Gasteiger charge is -2.01. The highest BCUT2D eigenvalue weighted by Gasteiger charge is 2.17. The molecule has 0 saturated heterocycles. The molecule has 0 aliphatic carbocycles. The number of hydrogen-bond donors (Lipinski definition) is 2. The number of hydrogen-bond acceptors (Lipinski definition) is 6. The number of aromatic nitrogens is 6. The molecule has 9 heteroatoms. The van der Waals surface area contributed by atoms with Crippen molar-refractivity contribution in [1.29, 1.82) is 0 Å². The second-order valence-corrected chi connectivity index (χ2v) is 2.13. The molecular weight excluding hydrogens is 178 g/mol. The van der Waals surface area contributed by atoms with Crippen LogP contribution in [0, 0.1) is 0 Å². The summed E-state index contributed by atoms with van der Waals surface area (Å²) >= 11 is 0. The number of carbonyl (C=O) groups excluding carboxylic acids is 1. The van der Waals surface area contributed by atoms with Crippen molar-refractivity contribution in [3.8, 4) is 11.6 Å². The number of primary amides is 1. The lowest BCUT2D eigenvalue weighted by molar-refractivity contribution is 0.246. The molecule has 2 rings (SSSR count). The minimum Gasteiger partial charge on any atom is -0.350 e. The van der Waals surface area contributed by atoms with Crippen LogP contribution in [-0.2, 0) is 0 Å². The highest BCUT2D eigenvalue weighted by Crippen LogP contribution is 2.05. The Labute approximate surface area is 69.9 Å². The van der Waals surface area contributed by atoms with Gasteiger partial charge in [0.15, 0.2) is 0 Å². The molecule has 0 spiro atoms. The van der Waals surface area contributed by atoms with Gasteiger partial charge in [0, 0.05) is 0 Å². The van der Waals surface area contributed by atoms with E-state index >= 15 is 0 Å². The van der Waals surface area contributed by atoms with Crippen LogP contribution in [0.2, 0.25) is 0 Å². The van der Waals surface area contributed by atoms with E-state index in [0.29, 0.717) is 0 Å². The molecule has 0 bridgehead atoms. The Morgan fingerprint density at radius 3 is 2.92 bits per heavy atom. The third-order valence-electron chi connectivity index (χ3n) is 1.32. The van der Waals surface area contributed by atoms with Gasteiger partial charge in [-0.05, 0) is 0 Å². The van der Waals surface area contributed by atoms with Gasteiger partial charge in [0.05, 0.1) is 0 Å². The summed E-state index contributed by atoms with van der Waals surface area (Å²) in [5, 5.41) is 8.89. The number of carbonyl (C=O) groups is 1. The van der Waals surface area contributed by atoms with Gasteiger partial charge in [-0.2, -0.15) is 19.9 Å². The number of nitrogens with one attached hydrogen (secondary N) is 1. The Morgan fingerprint density at radius 1 is 1.46 bits per heavy atom. The second kappa shape index (κ2) is 2.33. The molecular formula is C4H3N7O2. The number of fused-ring (bicyclic) bond motifs is 1. The summed E-state index contributed by atoms with van der Waals surface area (Å²) in [6.45, 7) is 0. The third-order valence-corrected chi connectivity index (χ3v) is 1.32. The maximum absolute atomic E-state index is 10.7. The Balaban J connectivity index is 2.80. The number of rotatable bonds is 0. The molecule has 0 saturated carbocycles. The van der Waals surface area contributed by atoms with E-state index in [1.807, 2.05) is 0 Å². The van der Waals surface area contributed by atoms with E-state index in [0.717, 1.165) is 4.68 Å². The van der Waals surface area contributed by atoms with Gasteiger partial charge in [-0.25, -0.2) is 9.59 Å². The van der Waals surface area contributed by atoms with Crippen molar-refractivity contribution in [3.63, 3.8) is 0 Å². The van der Waals surface area contributed by atoms with Gasteiger partial charge >= 0.3 is 11.7 Å². The van der Waals surface area contributed by atoms with Crippen LogP contribution in [0.25, 0.3) is 11.6 Å². The van der Waals surface area contributed by atoms with Crippen LogP contribution in [-0.4, -0.2) is 36.2 Å². The first-order valence-corrected chi connectivity index (χ1v) is 3.16. The van der Waals surface area contributed by atoms with E-state index in [2.05, 4.69) is 25.5 Å². The SMILES string of the molecule is NC(=O)n1[nH]nnc2nc(=O)nc1-2. The number of imidazole rings is 1. The number of aromatic amines is 1. The maximum atomic E-state index is 10.7. The highest BCUT2D eigenvalue weighted by atomic mass is 16.2. The third kappa shape index (κ3) is 1.02. The van der Waals surface area contributed by atoms with E-state index in [1.54, 1.807) is 0 Å². The quantitative estimate of drug-likeness (QED) is 0.473. The van der Waals surface area contributed by atoms with Gasteiger partial charge in [-0.3, -0.25) is 0 Å². The molecule has 3 N–H and O–H groups in total. The summed E-state index contributed by atoms with van der Waals surface area (Å²) in [7, 11) is 0. The number of amides is 1. The zero-order valence-electron chi connectivity index (χ0n) is 6.13. The van der Waals surface area contributed by atoms with Gasteiger partial charge in [0.25, 0.3) is 0 Å². The topological polar surface area (TPSA) is 132 Å². The van der Waals surface area contributed by atoms with Crippen LogP contribution in [0.15, 0.2) is 4.79 Å². The zero-order chi connectivity index (χ0) is 9.42. The van der Waals surface area contributed by atoms with Gasteiger partial charge in [0.2, 0.25) is 11.6 Å². The molecule has 66 valence electrons. The first-order chi connectivity index (χ1) is 6.18. The lowest BCUT2D eigenvalue weighted by Crippen LogP contribution is -2.26. The minimum absolute atomic E-state index is 0.0254. The van der Waals surface area contributed by atoms with Gasteiger partial charge in [0.1, 0.15) is 0 Å². The van der Waals surface area contributed by atoms with Crippen LogP contribution in [0.5, 0.6) is 0 Å². The average Bonchev–Trinajstić information content (AvgIpc) is 2.43. The Hall–Kier alpha value is -2.32. The number of nitrogens with two attached hydrogens (primary N) is 1. The fourth-order valence-corrected chi connectivity index (χ4v) is 0.839. The summed E-state index contributed by atoms with van der Waals surface area (Å²) < 4.78 is 0.775. The largest absolute Gasteiger partial charge is 0.371 e. The molecule has 0 unspecified atom stereocenters. The van der Waals surface area contributed by atoms with E-state index < -0.39 is 11.7 Å². The predicted molar refractivity (Wildman–Crippen MR) is 37.8 cm³/mol. The summed E-state index contributed by atoms with van der Waals surface area (Å²) in [5.74, 6) is -0.0601. The van der Waals surface area contributed by atoms with Crippen molar-refractivity contribution in [2.24, 2.45) is 5.73 Å². The van der Waals surface area contributed by atoms with Crippen molar-refractivity contribution in [2.45, 2.75) is 0 Å². The summed E-state index contributed by atoms with van der Waals surface area (Å²) in [4.78, 5) is 28.2. The van der Waals surface area contributed by atoms with Crippen molar-refractivity contribution in [3.05, 3.63) is 10.5 Å². The molecule has 1 amide bonds. The van der Waals surface area contributed by atoms with Crippen LogP contribution in [0.4, 0.5) is 4.79 Å². The molecule has 2 aliphatic rings. The molecule has 2 aliphatic heterocycles. The van der Waals surface area contributed by atoms with Gasteiger partial charge < -0.3 is 5.73 Å². The molecule has 9 nitrogen and oxygen atoms in total. The van der Waals surface area contributed by atoms with Gasteiger partial charge in [-0.15, -0.1) is 5.10 Å². The molecule has 0 aromatic rings. The molecule has 0 aromatic carbocycles. The molecule has 0 aromatic heterocycles. The Morgan fingerprint density at radius 2 is 2.23 bits per heavy atom. The van der Waals surface area contributed by atoms with E-state index in [4.69, 9.17) is 5.73 Å². The standard InChI is InChI=1S/C4H3N7O2/c5-3(12)11-2-1(8-9-10-11)6-4(13)7-2/h(H2,5,12)(H,6,8,10,13). The normalized spacial score (nSPS) is 10.5. The fourth-order valence-electron chi connectivity index (χ4n) is 0.839. The first-order valence-electron chi connectivity index (χ1n) is 3.16. The van der Waals surface area contributed by atoms with Crippen molar-refractivity contribution < 1.29 is 4.79 Å². The van der Waals surface area contributed by atoms with Crippen LogP contribution >= 0.6 is 0 Å². The smallest absolute Gasteiger partial charge is 0.350 e. The summed E-state index contributed by atoms with van der Waals surface area (Å²) in [6, 6.07) is -0.847. The van der Waals surface area contributed by atoms with Crippen LogP contribution in [0.3, 0.4) is 0 Å². The van der Waals surface area contributed by atoms with E-state index in [-0.39, 0.29) is 11.6 Å². The molecule has 2 heterocycles. The number of H-pyrrole nitrogens is 1. The maximum Gasteiger partial charge on any atom is 0.371 e. The summed E-state index contributed by atoms with van der Waals surface area (Å²) in [5.41, 5.74) is 4.21. The second-order valence-electron chi connectivity index (χ2n) is 2.13. The fraction of sp³-hybridized carbons (Fsp3) is 0. The molecule has 0 fully saturated rings. The monoisotopic (exact) mass is 181 g/mol. The Kier molecular flexibility index (Phi) is 1.32. The van der Waals surface area contributed by atoms with Crippen molar-refractivity contribution in [1.82, 2.24) is 30.2 Å². The lowest BCUT2D eigenvalue weighted by atomic mass is 10.6. The van der Waals surface area contributed by atoms with Crippen LogP contribution in [0.1, 0.15) is 0 Å². The van der Waals surface area contributed by atoms with Crippen LogP contribution < -0.4 is 11.4 Å². The average molecular weight is 181 g/mol. The zero-order valence-corrected chi connectivity index (χ0v) is 6.13. The highest BCUT2D eigenvalue weighted by molar-refractivity contribution is 5.77.